The van der Waals surface area contributed by atoms with Crippen LogP contribution >= 0.6 is 0 Å². The number of nitrogens with one attached hydrogen (secondary N) is 1. The molecule has 0 radical (unpaired) electrons. The number of nitrogens with zero attached hydrogens (tertiary/aromatic N) is 5. The molecule has 11 rings (SSSR count). The van der Waals surface area contributed by atoms with Gasteiger partial charge in [0.2, 0.25) is 5.96 Å². The van der Waals surface area contributed by atoms with Gasteiger partial charge >= 0.3 is 0 Å². The van der Waals surface area contributed by atoms with Crippen LogP contribution in [0.4, 0.5) is 0 Å². The number of pyridine rings is 1. The second-order valence-electron chi connectivity index (χ2n) is 14.4. The number of para-hydroxylation sites is 4. The molecular formula is C48H34N6O. The van der Waals surface area contributed by atoms with E-state index in [4.69, 9.17) is 9.98 Å². The second kappa shape index (κ2) is 11.6. The number of aliphatic imine (C=N–C) groups is 2. The molecule has 1 N–H and O–H groups in total. The minimum absolute atomic E-state index is 0.109. The molecule has 7 aromatic carbocycles. The lowest BCUT2D eigenvalue weighted by Gasteiger charge is -2.32. The molecule has 0 aliphatic carbocycles. The Morgan fingerprint density at radius 3 is 1.60 bits per heavy atom. The zero-order chi connectivity index (χ0) is 36.8. The first-order chi connectivity index (χ1) is 27.0. The summed E-state index contributed by atoms with van der Waals surface area (Å²) in [5.74, 6) is 1.26. The van der Waals surface area contributed by atoms with E-state index in [-0.39, 0.29) is 5.56 Å². The fourth-order valence-corrected chi connectivity index (χ4v) is 8.85. The summed E-state index contributed by atoms with van der Waals surface area (Å²) in [6, 6.07) is 56.1. The third kappa shape index (κ3) is 4.47. The third-order valence-electron chi connectivity index (χ3n) is 11.2. The maximum absolute atomic E-state index is 15.8. The Kier molecular flexibility index (Phi) is 6.61. The standard InChI is InChI=1S/C48H34N6O/c1-30-49-47(51-48(2,50-30)31-16-6-3-7-17-31)54-41-25-15-13-22-34(41)37-27-26-36-39-29-28-38-35-23-12-14-24-40(35)52(32-18-8-4-9-19-32)44(38)45(39)53(33-20-10-5-11-21-33)46(55)42(36)43(37)54/h3-29H,1-2H3,(H,49,50,51). The summed E-state index contributed by atoms with van der Waals surface area (Å²) in [5, 5.41) is 10.2. The Morgan fingerprint density at radius 1 is 0.491 bits per heavy atom. The highest BCUT2D eigenvalue weighted by Gasteiger charge is 2.32. The maximum atomic E-state index is 15.8. The highest BCUT2D eigenvalue weighted by molar-refractivity contribution is 6.28. The zero-order valence-corrected chi connectivity index (χ0v) is 30.2. The van der Waals surface area contributed by atoms with Crippen LogP contribution in [0.15, 0.2) is 179 Å². The Bertz CT molecular complexity index is 3320. The highest BCUT2D eigenvalue weighted by atomic mass is 16.1. The number of aromatic nitrogens is 3. The van der Waals surface area contributed by atoms with Crippen molar-refractivity contribution in [2.45, 2.75) is 19.5 Å². The lowest BCUT2D eigenvalue weighted by Crippen LogP contribution is -2.45. The van der Waals surface area contributed by atoms with E-state index in [1.54, 1.807) is 0 Å². The smallest absolute Gasteiger partial charge is 0.265 e. The van der Waals surface area contributed by atoms with Crippen molar-refractivity contribution in [1.29, 1.82) is 0 Å². The summed E-state index contributed by atoms with van der Waals surface area (Å²) in [4.78, 5) is 26.2. The van der Waals surface area contributed by atoms with Crippen LogP contribution in [0.1, 0.15) is 19.4 Å². The topological polar surface area (TPSA) is 68.6 Å². The number of amidine groups is 1. The van der Waals surface area contributed by atoms with E-state index >= 15 is 4.79 Å². The molecule has 10 aromatic rings. The number of fused-ring (bicyclic) bond motifs is 11. The van der Waals surface area contributed by atoms with E-state index in [1.165, 1.54) is 0 Å². The number of benzene rings is 7. The van der Waals surface area contributed by atoms with E-state index < -0.39 is 5.66 Å². The van der Waals surface area contributed by atoms with Gasteiger partial charge in [-0.1, -0.05) is 127 Å². The fraction of sp³-hybridized carbons (Fsp3) is 0.0625. The molecule has 1 aliphatic heterocycles. The SMILES string of the molecule is CC1=NC(n2c3ccccc3c3ccc4c5ccc6c7ccccc7n(-c7ccccc7)c6c5n(-c5ccccc5)c(=O)c4c32)=NC(C)(c2ccccc2)N1. The first-order valence-corrected chi connectivity index (χ1v) is 18.6. The van der Waals surface area contributed by atoms with Gasteiger partial charge in [0.05, 0.1) is 33.0 Å². The molecular weight excluding hydrogens is 677 g/mol. The van der Waals surface area contributed by atoms with Gasteiger partial charge in [-0.15, -0.1) is 0 Å². The molecule has 0 saturated heterocycles. The molecule has 1 atom stereocenters. The molecule has 0 bridgehead atoms. The maximum Gasteiger partial charge on any atom is 0.265 e. The Balaban J connectivity index is 1.36. The van der Waals surface area contributed by atoms with Gasteiger partial charge in [-0.05, 0) is 61.2 Å². The molecule has 7 nitrogen and oxygen atoms in total. The summed E-state index contributed by atoms with van der Waals surface area (Å²) >= 11 is 0. The minimum atomic E-state index is -0.780. The lowest BCUT2D eigenvalue weighted by molar-refractivity contribution is 0.451. The van der Waals surface area contributed by atoms with Crippen molar-refractivity contribution in [3.8, 4) is 11.4 Å². The van der Waals surface area contributed by atoms with E-state index in [1.807, 2.05) is 78.2 Å². The van der Waals surface area contributed by atoms with Crippen molar-refractivity contribution < 1.29 is 0 Å². The monoisotopic (exact) mass is 710 g/mol. The van der Waals surface area contributed by atoms with Crippen LogP contribution in [-0.2, 0) is 5.66 Å². The molecule has 0 fully saturated rings. The second-order valence-corrected chi connectivity index (χ2v) is 14.4. The summed E-state index contributed by atoms with van der Waals surface area (Å²) in [5.41, 5.74) is 6.58. The average molecular weight is 711 g/mol. The van der Waals surface area contributed by atoms with Gasteiger partial charge in [0, 0.05) is 38.3 Å². The first-order valence-electron chi connectivity index (χ1n) is 18.6. The number of hydrogen-bond donors (Lipinski definition) is 1. The van der Waals surface area contributed by atoms with E-state index in [0.29, 0.717) is 11.3 Å². The van der Waals surface area contributed by atoms with Crippen molar-refractivity contribution in [2.24, 2.45) is 9.98 Å². The molecule has 3 aromatic heterocycles. The first kappa shape index (κ1) is 31.3. The molecule has 1 unspecified atom stereocenters. The van der Waals surface area contributed by atoms with Crippen LogP contribution in [0, 0.1) is 0 Å². The van der Waals surface area contributed by atoms with Crippen LogP contribution in [0.5, 0.6) is 0 Å². The predicted octanol–water partition coefficient (Wildman–Crippen LogP) is 10.4. The van der Waals surface area contributed by atoms with Crippen LogP contribution in [0.3, 0.4) is 0 Å². The summed E-state index contributed by atoms with van der Waals surface area (Å²) in [7, 11) is 0. The Hall–Kier alpha value is -7.25. The molecule has 1 aliphatic rings. The van der Waals surface area contributed by atoms with Crippen LogP contribution < -0.4 is 10.9 Å². The van der Waals surface area contributed by atoms with Crippen molar-refractivity contribution in [3.05, 3.63) is 180 Å². The number of hydrogen-bond acceptors (Lipinski definition) is 4. The van der Waals surface area contributed by atoms with Gasteiger partial charge in [-0.25, -0.2) is 9.98 Å². The van der Waals surface area contributed by atoms with Crippen molar-refractivity contribution in [3.63, 3.8) is 0 Å². The molecule has 55 heavy (non-hydrogen) atoms. The summed E-state index contributed by atoms with van der Waals surface area (Å²) < 4.78 is 6.33. The van der Waals surface area contributed by atoms with Gasteiger partial charge in [0.25, 0.3) is 5.56 Å². The van der Waals surface area contributed by atoms with Crippen LogP contribution in [0.2, 0.25) is 0 Å². The van der Waals surface area contributed by atoms with Crippen molar-refractivity contribution in [2.75, 3.05) is 0 Å². The molecule has 7 heteroatoms. The Morgan fingerprint density at radius 2 is 0.964 bits per heavy atom. The Labute approximate surface area is 315 Å². The van der Waals surface area contributed by atoms with Crippen LogP contribution in [-0.4, -0.2) is 25.5 Å². The summed E-state index contributed by atoms with van der Waals surface area (Å²) in [6.07, 6.45) is 0. The van der Waals surface area contributed by atoms with Gasteiger partial charge in [0.1, 0.15) is 5.84 Å². The average Bonchev–Trinajstić information content (AvgIpc) is 3.75. The predicted molar refractivity (Wildman–Crippen MR) is 227 cm³/mol. The summed E-state index contributed by atoms with van der Waals surface area (Å²) in [6.45, 7) is 4.04. The molecule has 0 saturated carbocycles. The van der Waals surface area contributed by atoms with Gasteiger partial charge in [-0.2, -0.15) is 0 Å². The lowest BCUT2D eigenvalue weighted by atomic mass is 10.0. The van der Waals surface area contributed by atoms with Gasteiger partial charge in [0.15, 0.2) is 5.66 Å². The van der Waals surface area contributed by atoms with Gasteiger partial charge < -0.3 is 9.88 Å². The molecule has 0 amide bonds. The molecule has 262 valence electrons. The third-order valence-corrected chi connectivity index (χ3v) is 11.2. The van der Waals surface area contributed by atoms with E-state index in [0.717, 1.165) is 82.7 Å². The quantitative estimate of drug-likeness (QED) is 0.186. The molecule has 0 spiro atoms. The largest absolute Gasteiger partial charge is 0.346 e. The fourth-order valence-electron chi connectivity index (χ4n) is 8.85. The number of rotatable bonds is 3. The minimum Gasteiger partial charge on any atom is -0.346 e. The van der Waals surface area contributed by atoms with Crippen LogP contribution in [0.25, 0.3) is 76.7 Å². The zero-order valence-electron chi connectivity index (χ0n) is 30.2. The van der Waals surface area contributed by atoms with Crippen molar-refractivity contribution >= 4 is 77.1 Å². The van der Waals surface area contributed by atoms with Gasteiger partial charge in [-0.3, -0.25) is 13.9 Å². The normalized spacial score (nSPS) is 16.0. The van der Waals surface area contributed by atoms with E-state index in [9.17, 15) is 0 Å². The highest BCUT2D eigenvalue weighted by Crippen LogP contribution is 2.41. The molecule has 4 heterocycles. The van der Waals surface area contributed by atoms with Crippen molar-refractivity contribution in [1.82, 2.24) is 19.0 Å². The van der Waals surface area contributed by atoms with E-state index in [2.05, 4.69) is 118 Å².